The number of rotatable bonds is 22. The lowest BCUT2D eigenvalue weighted by Crippen LogP contribution is -2.58. The van der Waals surface area contributed by atoms with E-state index >= 15 is 0 Å². The standard InChI is InChI=1S/C34H38O4Si.C21H26O4/c1-27-17-21-29(22-18-27)36-26-33(35)34(2,3)38-30-23-19-28(20-24-30)12-11-25-37-39(4,31-13-7-5-8-14-31)32-15-9-6-10-16-32;1-16-6-10-18(11-7-16)24-15-20(23)21(2,3)25-19-12-8-17(9-13-19)5-4-14-22/h5-10,13-24H,11-12,25-26H2,1-4H3;6-13,22H,4-5,14-15H2,1-3H3. The third-order valence-electron chi connectivity index (χ3n) is 11.0. The van der Waals surface area contributed by atoms with Gasteiger partial charge in [-0.25, -0.2) is 0 Å². The van der Waals surface area contributed by atoms with Crippen molar-refractivity contribution in [3.05, 3.63) is 180 Å². The number of aryl methyl sites for hydroxylation is 4. The van der Waals surface area contributed by atoms with Gasteiger partial charge in [-0.05, 0) is 144 Å². The van der Waals surface area contributed by atoms with E-state index in [1.807, 2.05) is 111 Å². The third kappa shape index (κ3) is 15.1. The van der Waals surface area contributed by atoms with Gasteiger partial charge in [-0.2, -0.15) is 0 Å². The summed E-state index contributed by atoms with van der Waals surface area (Å²) in [6, 6.07) is 52.0. The predicted octanol–water partition coefficient (Wildman–Crippen LogP) is 9.86. The average Bonchev–Trinajstić information content (AvgIpc) is 3.30. The Kier molecular flexibility index (Phi) is 18.1. The van der Waals surface area contributed by atoms with Crippen LogP contribution in [0.2, 0.25) is 6.55 Å². The molecular weight excluding hydrogens is 817 g/mol. The van der Waals surface area contributed by atoms with E-state index < -0.39 is 19.5 Å². The molecule has 9 heteroatoms. The van der Waals surface area contributed by atoms with E-state index in [2.05, 4.69) is 67.2 Å². The monoisotopic (exact) mass is 880 g/mol. The van der Waals surface area contributed by atoms with Crippen molar-refractivity contribution in [2.24, 2.45) is 0 Å². The summed E-state index contributed by atoms with van der Waals surface area (Å²) in [6.07, 6.45) is 3.38. The smallest absolute Gasteiger partial charge is 0.252 e. The van der Waals surface area contributed by atoms with Crippen LogP contribution in [0.3, 0.4) is 0 Å². The van der Waals surface area contributed by atoms with Crippen molar-refractivity contribution in [1.29, 1.82) is 0 Å². The number of hydrogen-bond acceptors (Lipinski definition) is 8. The van der Waals surface area contributed by atoms with Gasteiger partial charge in [0.15, 0.2) is 24.4 Å². The second-order valence-electron chi connectivity index (χ2n) is 17.1. The highest BCUT2D eigenvalue weighted by molar-refractivity contribution is 6.96. The molecule has 0 saturated carbocycles. The van der Waals surface area contributed by atoms with Crippen LogP contribution >= 0.6 is 0 Å². The molecule has 0 saturated heterocycles. The Morgan fingerprint density at radius 1 is 0.500 bits per heavy atom. The summed E-state index contributed by atoms with van der Waals surface area (Å²) in [7, 11) is -2.28. The van der Waals surface area contributed by atoms with Crippen molar-refractivity contribution < 1.29 is 38.1 Å². The zero-order valence-corrected chi connectivity index (χ0v) is 39.5. The number of aliphatic hydroxyl groups is 1. The summed E-state index contributed by atoms with van der Waals surface area (Å²) >= 11 is 0. The lowest BCUT2D eigenvalue weighted by molar-refractivity contribution is -0.134. The van der Waals surface area contributed by atoms with Crippen molar-refractivity contribution in [2.45, 2.75) is 85.0 Å². The summed E-state index contributed by atoms with van der Waals surface area (Å²) < 4.78 is 29.8. The molecule has 8 nitrogen and oxygen atoms in total. The molecular formula is C55H64O8Si. The first kappa shape index (κ1) is 49.0. The van der Waals surface area contributed by atoms with Crippen molar-refractivity contribution in [3.8, 4) is 23.0 Å². The van der Waals surface area contributed by atoms with Crippen LogP contribution in [0, 0.1) is 13.8 Å². The zero-order valence-electron chi connectivity index (χ0n) is 38.5. The maximum atomic E-state index is 12.8. The van der Waals surface area contributed by atoms with Gasteiger partial charge in [0, 0.05) is 13.2 Å². The van der Waals surface area contributed by atoms with Gasteiger partial charge in [-0.15, -0.1) is 0 Å². The van der Waals surface area contributed by atoms with E-state index in [0.29, 0.717) is 29.6 Å². The molecule has 6 aromatic carbocycles. The molecule has 0 aliphatic rings. The third-order valence-corrected chi connectivity index (χ3v) is 14.6. The molecule has 336 valence electrons. The van der Waals surface area contributed by atoms with Crippen LogP contribution in [0.15, 0.2) is 158 Å². The maximum Gasteiger partial charge on any atom is 0.252 e. The minimum atomic E-state index is -2.28. The molecule has 0 aliphatic heterocycles. The molecule has 6 rings (SSSR count). The fourth-order valence-corrected chi connectivity index (χ4v) is 9.62. The van der Waals surface area contributed by atoms with Crippen LogP contribution in [0.1, 0.15) is 62.8 Å². The van der Waals surface area contributed by atoms with Crippen molar-refractivity contribution in [3.63, 3.8) is 0 Å². The Morgan fingerprint density at radius 3 is 1.23 bits per heavy atom. The minimum Gasteiger partial charge on any atom is -0.486 e. The summed E-state index contributed by atoms with van der Waals surface area (Å²) in [5.41, 5.74) is 2.66. The Hall–Kier alpha value is -6.00. The van der Waals surface area contributed by atoms with Crippen LogP contribution in [0.5, 0.6) is 23.0 Å². The molecule has 0 atom stereocenters. The van der Waals surface area contributed by atoms with Crippen LogP contribution in [0.4, 0.5) is 0 Å². The normalized spacial score (nSPS) is 11.5. The molecule has 6 aromatic rings. The SMILES string of the molecule is Cc1ccc(OCC(=O)C(C)(C)Oc2ccc(CCCO)cc2)cc1.Cc1ccc(OCC(=O)C(C)(C)Oc2ccc(CCCO[Si](C)(c3ccccc3)c3ccccc3)cc2)cc1. The molecule has 1 N–H and O–H groups in total. The molecule has 0 aromatic heterocycles. The number of Topliss-reactive ketones (excluding diaryl/α,β-unsaturated/α-hetero) is 2. The average molecular weight is 881 g/mol. The predicted molar refractivity (Wildman–Crippen MR) is 259 cm³/mol. The summed E-state index contributed by atoms with van der Waals surface area (Å²) in [6.45, 7) is 14.1. The first-order valence-corrected chi connectivity index (χ1v) is 24.4. The van der Waals surface area contributed by atoms with E-state index in [1.165, 1.54) is 15.9 Å². The molecule has 0 fully saturated rings. The molecule has 0 bridgehead atoms. The van der Waals surface area contributed by atoms with Crippen molar-refractivity contribution in [2.75, 3.05) is 26.4 Å². The van der Waals surface area contributed by atoms with E-state index in [1.54, 1.807) is 27.7 Å². The first-order valence-electron chi connectivity index (χ1n) is 22.0. The van der Waals surface area contributed by atoms with Gasteiger partial charge >= 0.3 is 0 Å². The summed E-state index contributed by atoms with van der Waals surface area (Å²) in [5, 5.41) is 11.4. The molecule has 0 amide bonds. The second-order valence-corrected chi connectivity index (χ2v) is 20.6. The Balaban J connectivity index is 0.000000266. The number of aliphatic hydroxyl groups excluding tert-OH is 1. The summed E-state index contributed by atoms with van der Waals surface area (Å²) in [5.74, 6) is 2.40. The van der Waals surface area contributed by atoms with Gasteiger partial charge in [0.25, 0.3) is 8.32 Å². The fourth-order valence-electron chi connectivity index (χ4n) is 6.75. The number of carbonyl (C=O) groups is 2. The Labute approximate surface area is 381 Å². The van der Waals surface area contributed by atoms with E-state index in [4.69, 9.17) is 28.5 Å². The Morgan fingerprint density at radius 2 is 0.859 bits per heavy atom. The number of benzene rings is 6. The minimum absolute atomic E-state index is 0.0371. The van der Waals surface area contributed by atoms with Gasteiger partial charge in [0.1, 0.15) is 23.0 Å². The largest absolute Gasteiger partial charge is 0.486 e. The Bertz CT molecular complexity index is 2270. The molecule has 0 radical (unpaired) electrons. The number of ether oxygens (including phenoxy) is 4. The van der Waals surface area contributed by atoms with Crippen LogP contribution in [0.25, 0.3) is 0 Å². The van der Waals surface area contributed by atoms with Gasteiger partial charge in [0.2, 0.25) is 11.6 Å². The molecule has 0 aliphatic carbocycles. The van der Waals surface area contributed by atoms with E-state index in [9.17, 15) is 9.59 Å². The molecule has 0 spiro atoms. The lowest BCUT2D eigenvalue weighted by Gasteiger charge is -2.28. The van der Waals surface area contributed by atoms with E-state index in [-0.39, 0.29) is 31.4 Å². The van der Waals surface area contributed by atoms with Crippen LogP contribution in [-0.2, 0) is 26.9 Å². The van der Waals surface area contributed by atoms with Gasteiger partial charge in [-0.3, -0.25) is 9.59 Å². The van der Waals surface area contributed by atoms with Crippen LogP contribution in [-0.4, -0.2) is 62.6 Å². The highest BCUT2D eigenvalue weighted by atomic mass is 28.4. The number of carbonyl (C=O) groups excluding carboxylic acids is 2. The maximum absolute atomic E-state index is 12.8. The molecule has 0 unspecified atom stereocenters. The second kappa shape index (κ2) is 23.6. The van der Waals surface area contributed by atoms with Gasteiger partial charge in [-0.1, -0.05) is 120 Å². The number of ketones is 2. The van der Waals surface area contributed by atoms with Gasteiger partial charge in [0.05, 0.1) is 0 Å². The fraction of sp³-hybridized carbons (Fsp3) is 0.309. The first-order chi connectivity index (χ1) is 30.7. The summed E-state index contributed by atoms with van der Waals surface area (Å²) in [4.78, 5) is 25.2. The van der Waals surface area contributed by atoms with Crippen molar-refractivity contribution >= 4 is 30.3 Å². The van der Waals surface area contributed by atoms with Crippen LogP contribution < -0.4 is 29.3 Å². The lowest BCUT2D eigenvalue weighted by atomic mass is 10.0. The molecule has 64 heavy (non-hydrogen) atoms. The topological polar surface area (TPSA) is 101 Å². The highest BCUT2D eigenvalue weighted by Crippen LogP contribution is 2.23. The quantitative estimate of drug-likeness (QED) is 0.0532. The van der Waals surface area contributed by atoms with Gasteiger partial charge < -0.3 is 28.5 Å². The van der Waals surface area contributed by atoms with E-state index in [0.717, 1.165) is 42.4 Å². The number of hydrogen-bond donors (Lipinski definition) is 1. The molecule has 0 heterocycles. The zero-order chi connectivity index (χ0) is 46.0. The van der Waals surface area contributed by atoms with Crippen molar-refractivity contribution in [1.82, 2.24) is 0 Å². The highest BCUT2D eigenvalue weighted by Gasteiger charge is 2.34.